The van der Waals surface area contributed by atoms with Gasteiger partial charge in [-0.1, -0.05) is 24.3 Å². The van der Waals surface area contributed by atoms with Crippen molar-refractivity contribution in [3.63, 3.8) is 0 Å². The van der Waals surface area contributed by atoms with Gasteiger partial charge < -0.3 is 14.2 Å². The molecule has 0 heterocycles. The van der Waals surface area contributed by atoms with E-state index in [2.05, 4.69) is 16.2 Å². The molecule has 0 bridgehead atoms. The Hall–Kier alpha value is -3.17. The molecule has 0 saturated heterocycles. The van der Waals surface area contributed by atoms with Gasteiger partial charge in [0.1, 0.15) is 18.1 Å². The molecule has 0 fully saturated rings. The van der Waals surface area contributed by atoms with Crippen LogP contribution in [0.4, 0.5) is 0 Å². The lowest BCUT2D eigenvalue weighted by atomic mass is 10.2. The Balaban J connectivity index is 1.77. The van der Waals surface area contributed by atoms with Crippen LogP contribution >= 0.6 is 12.2 Å². The highest BCUT2D eigenvalue weighted by Crippen LogP contribution is 2.17. The molecule has 9 heteroatoms. The van der Waals surface area contributed by atoms with Crippen LogP contribution in [0.25, 0.3) is 0 Å². The van der Waals surface area contributed by atoms with Gasteiger partial charge in [0.25, 0.3) is 11.8 Å². The van der Waals surface area contributed by atoms with Crippen molar-refractivity contribution in [2.45, 2.75) is 13.8 Å². The molecule has 0 unspecified atom stereocenters. The maximum Gasteiger partial charge on any atom is 0.276 e. The van der Waals surface area contributed by atoms with Gasteiger partial charge >= 0.3 is 0 Å². The molecule has 0 aliphatic heterocycles. The summed E-state index contributed by atoms with van der Waals surface area (Å²) in [6.45, 7) is 4.94. The van der Waals surface area contributed by atoms with Gasteiger partial charge in [0.15, 0.2) is 11.7 Å². The molecule has 0 saturated carbocycles. The summed E-state index contributed by atoms with van der Waals surface area (Å²) >= 11 is 5.05. The first-order valence-electron chi connectivity index (χ1n) is 9.38. The van der Waals surface area contributed by atoms with E-state index in [1.165, 1.54) is 0 Å². The topological polar surface area (TPSA) is 97.9 Å². The van der Waals surface area contributed by atoms with E-state index in [0.29, 0.717) is 36.9 Å². The van der Waals surface area contributed by atoms with E-state index in [4.69, 9.17) is 26.4 Å². The Morgan fingerprint density at radius 3 is 2.57 bits per heavy atom. The number of carbonyl (C=O) groups is 2. The summed E-state index contributed by atoms with van der Waals surface area (Å²) in [6.07, 6.45) is 0. The first-order chi connectivity index (χ1) is 14.5. The number of carbonyl (C=O) groups excluding carboxylic acids is 2. The average Bonchev–Trinajstić information content (AvgIpc) is 2.74. The van der Waals surface area contributed by atoms with E-state index in [1.807, 2.05) is 32.0 Å². The quantitative estimate of drug-likeness (QED) is 0.318. The Labute approximate surface area is 180 Å². The van der Waals surface area contributed by atoms with Crippen LogP contribution in [0, 0.1) is 6.92 Å². The normalized spacial score (nSPS) is 10.1. The Morgan fingerprint density at radius 2 is 1.80 bits per heavy atom. The van der Waals surface area contributed by atoms with Crippen molar-refractivity contribution in [2.24, 2.45) is 0 Å². The van der Waals surface area contributed by atoms with Gasteiger partial charge in [-0.25, -0.2) is 0 Å². The van der Waals surface area contributed by atoms with Crippen molar-refractivity contribution < 1.29 is 23.8 Å². The van der Waals surface area contributed by atoms with Crippen LogP contribution in [0.3, 0.4) is 0 Å². The number of rotatable bonds is 9. The lowest BCUT2D eigenvalue weighted by molar-refractivity contribution is -0.123. The first kappa shape index (κ1) is 23.1. The smallest absolute Gasteiger partial charge is 0.276 e. The first-order valence-corrected chi connectivity index (χ1v) is 9.79. The number of thiocarbonyl (C=S) groups is 1. The van der Waals surface area contributed by atoms with E-state index >= 15 is 0 Å². The number of hydrogen-bond acceptors (Lipinski definition) is 6. The molecule has 2 rings (SSSR count). The summed E-state index contributed by atoms with van der Waals surface area (Å²) in [5.74, 6) is 0.0765. The fourth-order valence-electron chi connectivity index (χ4n) is 2.35. The highest BCUT2D eigenvalue weighted by Gasteiger charge is 2.14. The lowest BCUT2D eigenvalue weighted by Crippen LogP contribution is -2.49. The molecule has 0 aromatic heterocycles. The zero-order valence-corrected chi connectivity index (χ0v) is 17.7. The monoisotopic (exact) mass is 431 g/mol. The number of ether oxygens (including phenoxy) is 3. The average molecular weight is 432 g/mol. The van der Waals surface area contributed by atoms with E-state index in [1.54, 1.807) is 30.3 Å². The maximum atomic E-state index is 12.5. The van der Waals surface area contributed by atoms with Gasteiger partial charge in [-0.15, -0.1) is 0 Å². The summed E-state index contributed by atoms with van der Waals surface area (Å²) < 4.78 is 16.2. The molecule has 0 atom stereocenters. The van der Waals surface area contributed by atoms with Crippen LogP contribution in [-0.4, -0.2) is 43.4 Å². The molecule has 160 valence electrons. The zero-order valence-electron chi connectivity index (χ0n) is 16.9. The van der Waals surface area contributed by atoms with E-state index in [0.717, 1.165) is 5.56 Å². The fraction of sp³-hybridized carbons (Fsp3) is 0.286. The molecule has 2 aromatic carbocycles. The number of nitrogens with one attached hydrogen (secondary N) is 3. The standard InChI is InChI=1S/C21H25N3O5S/c1-3-27-11-12-28-18-10-5-4-9-17(18)20(26)22-21(30)24-23-19(25)14-29-16-8-6-7-15(2)13-16/h4-10,13H,3,11-12,14H2,1-2H3,(H,23,25)(H2,22,24,26,30). The van der Waals surface area contributed by atoms with E-state index < -0.39 is 11.8 Å². The minimum Gasteiger partial charge on any atom is -0.490 e. The minimum absolute atomic E-state index is 0.0620. The third kappa shape index (κ3) is 8.06. The lowest BCUT2D eigenvalue weighted by Gasteiger charge is -2.13. The van der Waals surface area contributed by atoms with Gasteiger partial charge in [-0.2, -0.15) is 0 Å². The Kier molecular flexibility index (Phi) is 9.56. The van der Waals surface area contributed by atoms with Crippen molar-refractivity contribution in [3.8, 4) is 11.5 Å². The van der Waals surface area contributed by atoms with E-state index in [-0.39, 0.29) is 11.7 Å². The molecule has 2 amide bonds. The van der Waals surface area contributed by atoms with Crippen LogP contribution < -0.4 is 25.6 Å². The van der Waals surface area contributed by atoms with Crippen LogP contribution in [0.1, 0.15) is 22.8 Å². The van der Waals surface area contributed by atoms with Crippen molar-refractivity contribution in [3.05, 3.63) is 59.7 Å². The zero-order chi connectivity index (χ0) is 21.8. The highest BCUT2D eigenvalue weighted by atomic mass is 32.1. The summed E-state index contributed by atoms with van der Waals surface area (Å²) in [4.78, 5) is 24.3. The minimum atomic E-state index is -0.468. The Bertz CT molecular complexity index is 875. The largest absolute Gasteiger partial charge is 0.490 e. The number of hydrazine groups is 1. The summed E-state index contributed by atoms with van der Waals surface area (Å²) in [7, 11) is 0. The predicted octanol–water partition coefficient (Wildman–Crippen LogP) is 2.12. The molecule has 0 aliphatic rings. The summed E-state index contributed by atoms with van der Waals surface area (Å²) in [5.41, 5.74) is 6.18. The van der Waals surface area contributed by atoms with Crippen molar-refractivity contribution in [2.75, 3.05) is 26.4 Å². The highest BCUT2D eigenvalue weighted by molar-refractivity contribution is 7.80. The maximum absolute atomic E-state index is 12.5. The van der Waals surface area contributed by atoms with Gasteiger partial charge in [0.05, 0.1) is 12.2 Å². The molecule has 0 aliphatic carbocycles. The summed E-state index contributed by atoms with van der Waals surface area (Å²) in [6, 6.07) is 14.1. The van der Waals surface area contributed by atoms with Crippen LogP contribution in [0.5, 0.6) is 11.5 Å². The number of hydrogen-bond donors (Lipinski definition) is 3. The van der Waals surface area contributed by atoms with Crippen LogP contribution in [-0.2, 0) is 9.53 Å². The fourth-order valence-corrected chi connectivity index (χ4v) is 2.50. The molecule has 3 N–H and O–H groups in total. The number of aryl methyl sites for hydroxylation is 1. The molecule has 30 heavy (non-hydrogen) atoms. The molecule has 0 radical (unpaired) electrons. The van der Waals surface area contributed by atoms with Gasteiger partial charge in [-0.3, -0.25) is 25.8 Å². The third-order valence-corrected chi connectivity index (χ3v) is 3.93. The second kappa shape index (κ2) is 12.4. The second-order valence-electron chi connectivity index (χ2n) is 6.10. The van der Waals surface area contributed by atoms with Crippen molar-refractivity contribution >= 4 is 29.1 Å². The molecule has 8 nitrogen and oxygen atoms in total. The third-order valence-electron chi connectivity index (χ3n) is 3.72. The van der Waals surface area contributed by atoms with Crippen LogP contribution in [0.15, 0.2) is 48.5 Å². The van der Waals surface area contributed by atoms with Gasteiger partial charge in [0.2, 0.25) is 0 Å². The SMILES string of the molecule is CCOCCOc1ccccc1C(=O)NC(=S)NNC(=O)COc1cccc(C)c1. The predicted molar refractivity (Wildman–Crippen MR) is 116 cm³/mol. The molecular formula is C21H25N3O5S. The Morgan fingerprint density at radius 1 is 1.00 bits per heavy atom. The molecule has 2 aromatic rings. The number of benzene rings is 2. The van der Waals surface area contributed by atoms with Crippen LogP contribution in [0.2, 0.25) is 0 Å². The van der Waals surface area contributed by atoms with Gasteiger partial charge in [0, 0.05) is 6.61 Å². The van der Waals surface area contributed by atoms with E-state index in [9.17, 15) is 9.59 Å². The number of para-hydroxylation sites is 1. The molecular weight excluding hydrogens is 406 g/mol. The molecule has 0 spiro atoms. The van der Waals surface area contributed by atoms with Crippen molar-refractivity contribution in [1.82, 2.24) is 16.2 Å². The van der Waals surface area contributed by atoms with Crippen molar-refractivity contribution in [1.29, 1.82) is 0 Å². The van der Waals surface area contributed by atoms with Gasteiger partial charge in [-0.05, 0) is 55.9 Å². The summed E-state index contributed by atoms with van der Waals surface area (Å²) in [5, 5.41) is 2.43. The number of amides is 2. The second-order valence-corrected chi connectivity index (χ2v) is 6.51.